The largest absolute Gasteiger partial charge is 0.338 e. The number of nitrogens with zero attached hydrogens (tertiary/aromatic N) is 4. The zero-order valence-electron chi connectivity index (χ0n) is 17.7. The van der Waals surface area contributed by atoms with Crippen LogP contribution in [0.1, 0.15) is 32.8 Å². The van der Waals surface area contributed by atoms with Crippen molar-refractivity contribution in [1.29, 1.82) is 0 Å². The highest BCUT2D eigenvalue weighted by atomic mass is 16.2. The number of piperazine rings is 1. The molecular formula is C22H32N6O. The summed E-state index contributed by atoms with van der Waals surface area (Å²) in [6, 6.07) is 9.72. The monoisotopic (exact) mass is 396 g/mol. The maximum absolute atomic E-state index is 12.1. The predicted octanol–water partition coefficient (Wildman–Crippen LogP) is 3.11. The second kappa shape index (κ2) is 9.69. The van der Waals surface area contributed by atoms with Gasteiger partial charge in [0.15, 0.2) is 0 Å². The molecule has 156 valence electrons. The summed E-state index contributed by atoms with van der Waals surface area (Å²) in [7, 11) is 0. The number of amides is 2. The van der Waals surface area contributed by atoms with Gasteiger partial charge in [0.2, 0.25) is 5.95 Å². The summed E-state index contributed by atoms with van der Waals surface area (Å²) < 4.78 is 0. The Morgan fingerprint density at radius 1 is 1.03 bits per heavy atom. The smallest absolute Gasteiger partial charge is 0.319 e. The van der Waals surface area contributed by atoms with Crippen LogP contribution in [0.4, 0.5) is 16.4 Å². The molecule has 2 aromatic rings. The Hall–Kier alpha value is -2.67. The lowest BCUT2D eigenvalue weighted by atomic mass is 9.87. The Morgan fingerprint density at radius 2 is 1.69 bits per heavy atom. The van der Waals surface area contributed by atoms with Crippen molar-refractivity contribution in [3.8, 4) is 0 Å². The summed E-state index contributed by atoms with van der Waals surface area (Å²) in [6.07, 6.45) is 4.49. The number of carbonyl (C=O) groups is 1. The molecule has 0 unspecified atom stereocenters. The Labute approximate surface area is 173 Å². The number of anilines is 2. The molecule has 1 aromatic carbocycles. The highest BCUT2D eigenvalue weighted by Crippen LogP contribution is 2.23. The van der Waals surface area contributed by atoms with Crippen molar-refractivity contribution in [3.63, 3.8) is 0 Å². The van der Waals surface area contributed by atoms with Crippen molar-refractivity contribution in [2.45, 2.75) is 32.6 Å². The molecule has 7 heteroatoms. The molecular weight excluding hydrogens is 364 g/mol. The average Bonchev–Trinajstić information content (AvgIpc) is 2.72. The van der Waals surface area contributed by atoms with Gasteiger partial charge in [0.25, 0.3) is 0 Å². The molecule has 0 saturated carbocycles. The number of aromatic nitrogens is 2. The first-order valence-corrected chi connectivity index (χ1v) is 10.3. The van der Waals surface area contributed by atoms with Crippen molar-refractivity contribution in [2.24, 2.45) is 0 Å². The second-order valence-corrected chi connectivity index (χ2v) is 8.44. The lowest BCUT2D eigenvalue weighted by Crippen LogP contribution is -2.47. The normalized spacial score (nSPS) is 15.2. The van der Waals surface area contributed by atoms with Crippen LogP contribution in [0.25, 0.3) is 0 Å². The van der Waals surface area contributed by atoms with Crippen LogP contribution in [0.3, 0.4) is 0 Å². The fourth-order valence-electron chi connectivity index (χ4n) is 3.36. The van der Waals surface area contributed by atoms with Crippen LogP contribution < -0.4 is 15.5 Å². The molecule has 0 spiro atoms. The molecule has 0 atom stereocenters. The van der Waals surface area contributed by atoms with E-state index in [9.17, 15) is 4.79 Å². The molecule has 0 aliphatic carbocycles. The average molecular weight is 397 g/mol. The van der Waals surface area contributed by atoms with E-state index in [1.807, 2.05) is 18.2 Å². The van der Waals surface area contributed by atoms with Gasteiger partial charge in [0.05, 0.1) is 0 Å². The van der Waals surface area contributed by atoms with Crippen LogP contribution in [0.5, 0.6) is 0 Å². The Bertz CT molecular complexity index is 764. The Balaban J connectivity index is 1.31. The zero-order valence-corrected chi connectivity index (χ0v) is 17.7. The van der Waals surface area contributed by atoms with E-state index in [0.717, 1.165) is 50.8 Å². The van der Waals surface area contributed by atoms with Crippen molar-refractivity contribution in [1.82, 2.24) is 20.2 Å². The van der Waals surface area contributed by atoms with E-state index in [2.05, 4.69) is 63.3 Å². The topological polar surface area (TPSA) is 73.4 Å². The molecule has 1 aliphatic heterocycles. The number of nitrogens with one attached hydrogen (secondary N) is 2. The van der Waals surface area contributed by atoms with Gasteiger partial charge in [-0.2, -0.15) is 0 Å². The maximum Gasteiger partial charge on any atom is 0.319 e. The van der Waals surface area contributed by atoms with E-state index in [1.165, 1.54) is 5.56 Å². The fourth-order valence-corrected chi connectivity index (χ4v) is 3.36. The van der Waals surface area contributed by atoms with Crippen LogP contribution >= 0.6 is 0 Å². The molecule has 2 heterocycles. The zero-order chi connectivity index (χ0) is 20.7. The minimum atomic E-state index is -0.153. The minimum absolute atomic E-state index is 0.112. The third kappa shape index (κ3) is 6.42. The molecule has 1 saturated heterocycles. The predicted molar refractivity (Wildman–Crippen MR) is 117 cm³/mol. The van der Waals surface area contributed by atoms with Crippen molar-refractivity contribution >= 4 is 17.7 Å². The van der Waals surface area contributed by atoms with Crippen molar-refractivity contribution in [2.75, 3.05) is 49.5 Å². The van der Waals surface area contributed by atoms with Crippen molar-refractivity contribution < 1.29 is 4.79 Å². The van der Waals surface area contributed by atoms with Gasteiger partial charge in [-0.1, -0.05) is 32.9 Å². The van der Waals surface area contributed by atoms with Gasteiger partial charge in [-0.25, -0.2) is 14.8 Å². The van der Waals surface area contributed by atoms with Crippen LogP contribution in [-0.4, -0.2) is 60.2 Å². The Morgan fingerprint density at radius 3 is 2.31 bits per heavy atom. The van der Waals surface area contributed by atoms with Gasteiger partial charge in [-0.3, -0.25) is 4.90 Å². The number of rotatable bonds is 6. The van der Waals surface area contributed by atoms with Gasteiger partial charge in [-0.15, -0.1) is 0 Å². The first-order valence-electron chi connectivity index (χ1n) is 10.3. The van der Waals surface area contributed by atoms with E-state index >= 15 is 0 Å². The molecule has 29 heavy (non-hydrogen) atoms. The van der Waals surface area contributed by atoms with Crippen LogP contribution in [0.15, 0.2) is 42.7 Å². The third-order valence-electron chi connectivity index (χ3n) is 5.15. The SMILES string of the molecule is CC(C)(C)c1ccc(NC(=O)NCCCN2CCN(c3ncccn3)CC2)cc1. The van der Waals surface area contributed by atoms with Gasteiger partial charge in [-0.05, 0) is 42.1 Å². The molecule has 1 fully saturated rings. The lowest BCUT2D eigenvalue weighted by Gasteiger charge is -2.34. The molecule has 2 N–H and O–H groups in total. The number of carbonyl (C=O) groups excluding carboxylic acids is 1. The van der Waals surface area contributed by atoms with Crippen molar-refractivity contribution in [3.05, 3.63) is 48.3 Å². The minimum Gasteiger partial charge on any atom is -0.338 e. The van der Waals surface area contributed by atoms with E-state index in [4.69, 9.17) is 0 Å². The van der Waals surface area contributed by atoms with Gasteiger partial charge in [0.1, 0.15) is 0 Å². The van der Waals surface area contributed by atoms with E-state index in [-0.39, 0.29) is 11.4 Å². The summed E-state index contributed by atoms with van der Waals surface area (Å²) in [5, 5.41) is 5.84. The molecule has 7 nitrogen and oxygen atoms in total. The molecule has 1 aliphatic rings. The third-order valence-corrected chi connectivity index (χ3v) is 5.15. The molecule has 0 radical (unpaired) electrons. The quantitative estimate of drug-likeness (QED) is 0.734. The summed E-state index contributed by atoms with van der Waals surface area (Å²) in [4.78, 5) is 25.4. The van der Waals surface area contributed by atoms with Gasteiger partial charge >= 0.3 is 6.03 Å². The van der Waals surface area contributed by atoms with Crippen LogP contribution in [0.2, 0.25) is 0 Å². The fraction of sp³-hybridized carbons (Fsp3) is 0.500. The molecule has 0 bridgehead atoms. The Kier molecular flexibility index (Phi) is 7.04. The molecule has 2 amide bonds. The lowest BCUT2D eigenvalue weighted by molar-refractivity contribution is 0.244. The second-order valence-electron chi connectivity index (χ2n) is 8.44. The molecule has 1 aromatic heterocycles. The van der Waals surface area contributed by atoms with Gasteiger partial charge < -0.3 is 15.5 Å². The van der Waals surface area contributed by atoms with Crippen LogP contribution in [-0.2, 0) is 5.41 Å². The first kappa shape index (κ1) is 21.0. The van der Waals surface area contributed by atoms with E-state index < -0.39 is 0 Å². The van der Waals surface area contributed by atoms with E-state index in [1.54, 1.807) is 12.4 Å². The summed E-state index contributed by atoms with van der Waals surface area (Å²) >= 11 is 0. The molecule has 3 rings (SSSR count). The van der Waals surface area contributed by atoms with Gasteiger partial charge in [0, 0.05) is 50.8 Å². The number of hydrogen-bond donors (Lipinski definition) is 2. The number of hydrogen-bond acceptors (Lipinski definition) is 5. The number of urea groups is 1. The summed E-state index contributed by atoms with van der Waals surface area (Å²) in [6.45, 7) is 12.0. The first-order chi connectivity index (χ1) is 13.9. The summed E-state index contributed by atoms with van der Waals surface area (Å²) in [5.74, 6) is 0.807. The maximum atomic E-state index is 12.1. The van der Waals surface area contributed by atoms with E-state index in [0.29, 0.717) is 6.54 Å². The standard InChI is InChI=1S/C22H32N6O/c1-22(2,3)18-6-8-19(9-7-18)26-21(29)25-12-5-13-27-14-16-28(17-15-27)20-23-10-4-11-24-20/h4,6-11H,5,12-17H2,1-3H3,(H2,25,26,29). The van der Waals surface area contributed by atoms with Crippen LogP contribution in [0, 0.1) is 0 Å². The highest BCUT2D eigenvalue weighted by molar-refractivity contribution is 5.89. The summed E-state index contributed by atoms with van der Waals surface area (Å²) in [5.41, 5.74) is 2.18. The highest BCUT2D eigenvalue weighted by Gasteiger charge is 2.18. The number of benzene rings is 1.